The second-order valence-electron chi connectivity index (χ2n) is 6.76. The number of rotatable bonds is 6. The van der Waals surface area contributed by atoms with Crippen LogP contribution in [-0.2, 0) is 0 Å². The summed E-state index contributed by atoms with van der Waals surface area (Å²) in [6, 6.07) is 0.578. The van der Waals surface area contributed by atoms with Gasteiger partial charge in [0.15, 0.2) is 0 Å². The Labute approximate surface area is 118 Å². The van der Waals surface area contributed by atoms with Crippen molar-refractivity contribution in [1.82, 2.24) is 10.2 Å². The Hall–Kier alpha value is -0.120. The summed E-state index contributed by atoms with van der Waals surface area (Å²) >= 11 is 0. The van der Waals surface area contributed by atoms with E-state index in [0.29, 0.717) is 12.0 Å². The Morgan fingerprint density at radius 3 is 2.63 bits per heavy atom. The lowest BCUT2D eigenvalue weighted by Crippen LogP contribution is -2.52. The standard InChI is InChI=1S/C16H32N2O/c1-3-8-17-16-9-15(13(2)19)11-18(12-16)10-14-6-4-5-7-14/h13-17,19H,3-12H2,1-2H3. The first-order valence-electron chi connectivity index (χ1n) is 8.32. The van der Waals surface area contributed by atoms with Crippen LogP contribution in [0.5, 0.6) is 0 Å². The highest BCUT2D eigenvalue weighted by molar-refractivity contribution is 4.87. The molecular formula is C16H32N2O. The van der Waals surface area contributed by atoms with Crippen molar-refractivity contribution in [3.63, 3.8) is 0 Å². The quantitative estimate of drug-likeness (QED) is 0.775. The SMILES string of the molecule is CCCNC1CC(C(C)O)CN(CC2CCCC2)C1. The smallest absolute Gasteiger partial charge is 0.0553 e. The maximum absolute atomic E-state index is 9.94. The van der Waals surface area contributed by atoms with Gasteiger partial charge >= 0.3 is 0 Å². The van der Waals surface area contributed by atoms with Gasteiger partial charge < -0.3 is 15.3 Å². The number of nitrogens with one attached hydrogen (secondary N) is 1. The molecule has 2 N–H and O–H groups in total. The Morgan fingerprint density at radius 1 is 1.26 bits per heavy atom. The highest BCUT2D eigenvalue weighted by Crippen LogP contribution is 2.28. The van der Waals surface area contributed by atoms with Crippen molar-refractivity contribution >= 4 is 0 Å². The summed E-state index contributed by atoms with van der Waals surface area (Å²) in [5.74, 6) is 1.36. The van der Waals surface area contributed by atoms with Gasteiger partial charge in [-0.3, -0.25) is 0 Å². The molecule has 1 heterocycles. The third-order valence-electron chi connectivity index (χ3n) is 4.91. The van der Waals surface area contributed by atoms with Gasteiger partial charge in [-0.2, -0.15) is 0 Å². The Morgan fingerprint density at radius 2 is 2.00 bits per heavy atom. The molecule has 1 saturated carbocycles. The van der Waals surface area contributed by atoms with E-state index in [2.05, 4.69) is 17.1 Å². The molecule has 3 atom stereocenters. The Kier molecular flexibility index (Phi) is 6.11. The molecule has 0 bridgehead atoms. The highest BCUT2D eigenvalue weighted by atomic mass is 16.3. The lowest BCUT2D eigenvalue weighted by atomic mass is 9.89. The van der Waals surface area contributed by atoms with Crippen LogP contribution in [0.15, 0.2) is 0 Å². The molecule has 2 aliphatic rings. The molecular weight excluding hydrogens is 236 g/mol. The van der Waals surface area contributed by atoms with Crippen LogP contribution in [0, 0.1) is 11.8 Å². The Bertz CT molecular complexity index is 249. The van der Waals surface area contributed by atoms with Gasteiger partial charge in [0.2, 0.25) is 0 Å². The first kappa shape index (κ1) is 15.3. The van der Waals surface area contributed by atoms with Crippen LogP contribution >= 0.6 is 0 Å². The van der Waals surface area contributed by atoms with E-state index in [0.717, 1.165) is 25.4 Å². The molecule has 3 nitrogen and oxygen atoms in total. The van der Waals surface area contributed by atoms with E-state index in [4.69, 9.17) is 0 Å². The highest BCUT2D eigenvalue weighted by Gasteiger charge is 2.31. The number of aliphatic hydroxyl groups excluding tert-OH is 1. The molecule has 0 aromatic rings. The minimum absolute atomic E-state index is 0.169. The van der Waals surface area contributed by atoms with Crippen molar-refractivity contribution in [1.29, 1.82) is 0 Å². The number of aliphatic hydroxyl groups is 1. The van der Waals surface area contributed by atoms with Crippen LogP contribution in [0.25, 0.3) is 0 Å². The second-order valence-corrected chi connectivity index (χ2v) is 6.76. The lowest BCUT2D eigenvalue weighted by molar-refractivity contribution is 0.0420. The number of likely N-dealkylation sites (tertiary alicyclic amines) is 1. The van der Waals surface area contributed by atoms with Gasteiger partial charge in [0.1, 0.15) is 0 Å². The molecule has 2 fully saturated rings. The van der Waals surface area contributed by atoms with Gasteiger partial charge in [0.05, 0.1) is 6.10 Å². The summed E-state index contributed by atoms with van der Waals surface area (Å²) in [6.07, 6.45) is 7.85. The van der Waals surface area contributed by atoms with Crippen LogP contribution < -0.4 is 5.32 Å². The number of hydrogen-bond acceptors (Lipinski definition) is 3. The third-order valence-corrected chi connectivity index (χ3v) is 4.91. The van der Waals surface area contributed by atoms with E-state index in [1.165, 1.54) is 45.2 Å². The summed E-state index contributed by atoms with van der Waals surface area (Å²) < 4.78 is 0. The van der Waals surface area contributed by atoms with Crippen LogP contribution in [0.2, 0.25) is 0 Å². The van der Waals surface area contributed by atoms with Crippen molar-refractivity contribution in [2.24, 2.45) is 11.8 Å². The molecule has 0 spiro atoms. The minimum atomic E-state index is -0.169. The van der Waals surface area contributed by atoms with Gasteiger partial charge in [-0.05, 0) is 51.0 Å². The first-order chi connectivity index (χ1) is 9.19. The topological polar surface area (TPSA) is 35.5 Å². The summed E-state index contributed by atoms with van der Waals surface area (Å²) in [5.41, 5.74) is 0. The molecule has 112 valence electrons. The number of piperidine rings is 1. The van der Waals surface area contributed by atoms with Gasteiger partial charge in [-0.15, -0.1) is 0 Å². The molecule has 3 unspecified atom stereocenters. The van der Waals surface area contributed by atoms with Crippen molar-refractivity contribution in [3.8, 4) is 0 Å². The minimum Gasteiger partial charge on any atom is -0.393 e. The van der Waals surface area contributed by atoms with E-state index >= 15 is 0 Å². The van der Waals surface area contributed by atoms with E-state index in [1.807, 2.05) is 6.92 Å². The largest absolute Gasteiger partial charge is 0.393 e. The van der Waals surface area contributed by atoms with Crippen LogP contribution in [0.1, 0.15) is 52.4 Å². The predicted molar refractivity (Wildman–Crippen MR) is 80.3 cm³/mol. The lowest BCUT2D eigenvalue weighted by Gasteiger charge is -2.40. The fourth-order valence-electron chi connectivity index (χ4n) is 3.79. The summed E-state index contributed by atoms with van der Waals surface area (Å²) in [5, 5.41) is 13.6. The van der Waals surface area contributed by atoms with E-state index in [9.17, 15) is 5.11 Å². The van der Waals surface area contributed by atoms with Gasteiger partial charge in [-0.1, -0.05) is 19.8 Å². The van der Waals surface area contributed by atoms with Crippen LogP contribution in [-0.4, -0.2) is 48.3 Å². The fourth-order valence-corrected chi connectivity index (χ4v) is 3.79. The molecule has 0 radical (unpaired) electrons. The predicted octanol–water partition coefficient (Wildman–Crippen LogP) is 2.25. The molecule has 0 amide bonds. The normalized spacial score (nSPS) is 31.7. The average Bonchev–Trinajstić information content (AvgIpc) is 2.89. The van der Waals surface area contributed by atoms with Crippen LogP contribution in [0.3, 0.4) is 0 Å². The first-order valence-corrected chi connectivity index (χ1v) is 8.32. The van der Waals surface area contributed by atoms with Crippen molar-refractivity contribution in [3.05, 3.63) is 0 Å². The van der Waals surface area contributed by atoms with E-state index in [1.54, 1.807) is 0 Å². The third kappa shape index (κ3) is 4.73. The Balaban J connectivity index is 1.85. The van der Waals surface area contributed by atoms with Crippen molar-refractivity contribution < 1.29 is 5.11 Å². The summed E-state index contributed by atoms with van der Waals surface area (Å²) in [6.45, 7) is 8.82. The van der Waals surface area contributed by atoms with Crippen molar-refractivity contribution in [2.75, 3.05) is 26.2 Å². The molecule has 0 aromatic heterocycles. The molecule has 19 heavy (non-hydrogen) atoms. The van der Waals surface area contributed by atoms with Crippen LogP contribution in [0.4, 0.5) is 0 Å². The van der Waals surface area contributed by atoms with E-state index < -0.39 is 0 Å². The second kappa shape index (κ2) is 7.61. The molecule has 1 aliphatic carbocycles. The number of nitrogens with zero attached hydrogens (tertiary/aromatic N) is 1. The zero-order chi connectivity index (χ0) is 13.7. The molecule has 2 rings (SSSR count). The van der Waals surface area contributed by atoms with Gasteiger partial charge in [0, 0.05) is 25.7 Å². The summed E-state index contributed by atoms with van der Waals surface area (Å²) in [4.78, 5) is 2.62. The maximum Gasteiger partial charge on any atom is 0.0553 e. The molecule has 3 heteroatoms. The van der Waals surface area contributed by atoms with Gasteiger partial charge in [-0.25, -0.2) is 0 Å². The van der Waals surface area contributed by atoms with Gasteiger partial charge in [0.25, 0.3) is 0 Å². The number of hydrogen-bond donors (Lipinski definition) is 2. The average molecular weight is 268 g/mol. The van der Waals surface area contributed by atoms with E-state index in [-0.39, 0.29) is 6.10 Å². The maximum atomic E-state index is 9.94. The van der Waals surface area contributed by atoms with Crippen molar-refractivity contribution in [2.45, 2.75) is 64.5 Å². The summed E-state index contributed by atoms with van der Waals surface area (Å²) in [7, 11) is 0. The zero-order valence-electron chi connectivity index (χ0n) is 12.8. The monoisotopic (exact) mass is 268 g/mol. The zero-order valence-corrected chi connectivity index (χ0v) is 12.8. The molecule has 1 aliphatic heterocycles. The molecule has 0 aromatic carbocycles. The molecule has 1 saturated heterocycles. The fraction of sp³-hybridized carbons (Fsp3) is 1.00.